The molecule has 1 amide bonds. The lowest BCUT2D eigenvalue weighted by atomic mass is 9.90. The van der Waals surface area contributed by atoms with Crippen molar-refractivity contribution in [2.75, 3.05) is 6.61 Å². The van der Waals surface area contributed by atoms with Gasteiger partial charge in [0.1, 0.15) is 5.69 Å². The molecule has 124 valence electrons. The smallest absolute Gasteiger partial charge is 0.271 e. The van der Waals surface area contributed by atoms with Gasteiger partial charge in [0, 0.05) is 36.4 Å². The minimum atomic E-state index is 0.0496. The van der Waals surface area contributed by atoms with E-state index in [2.05, 4.69) is 4.98 Å². The van der Waals surface area contributed by atoms with Crippen LogP contribution in [0.1, 0.15) is 70.6 Å². The lowest BCUT2D eigenvalue weighted by Crippen LogP contribution is -2.47. The van der Waals surface area contributed by atoms with Crippen molar-refractivity contribution < 1.29 is 14.7 Å². The van der Waals surface area contributed by atoms with Gasteiger partial charge in [-0.2, -0.15) is 0 Å². The minimum absolute atomic E-state index is 0.0496. The van der Waals surface area contributed by atoms with Crippen LogP contribution in [0.15, 0.2) is 0 Å². The number of nitrogens with one attached hydrogen (secondary N) is 1. The largest absolute Gasteiger partial charge is 0.396 e. The Morgan fingerprint density at radius 1 is 1.26 bits per heavy atom. The van der Waals surface area contributed by atoms with Gasteiger partial charge in [-0.05, 0) is 56.9 Å². The number of aromatic nitrogens is 1. The van der Waals surface area contributed by atoms with E-state index in [-0.39, 0.29) is 30.4 Å². The highest BCUT2D eigenvalue weighted by atomic mass is 16.3. The van der Waals surface area contributed by atoms with E-state index in [0.717, 1.165) is 55.3 Å². The van der Waals surface area contributed by atoms with E-state index in [1.807, 2.05) is 11.8 Å². The molecule has 3 heterocycles. The first-order valence-electron chi connectivity index (χ1n) is 8.78. The number of rotatable bonds is 2. The number of carbonyl (C=O) groups is 2. The van der Waals surface area contributed by atoms with E-state index in [1.165, 1.54) is 0 Å². The highest BCUT2D eigenvalue weighted by molar-refractivity contribution is 6.04. The van der Waals surface area contributed by atoms with Gasteiger partial charge in [0.25, 0.3) is 5.91 Å². The molecule has 2 aliphatic heterocycles. The summed E-state index contributed by atoms with van der Waals surface area (Å²) in [6.45, 7) is 2.12. The van der Waals surface area contributed by atoms with Crippen LogP contribution in [0, 0.1) is 12.8 Å². The topological polar surface area (TPSA) is 73.4 Å². The number of aliphatic hydroxyl groups is 1. The number of nitrogens with zero attached hydrogens (tertiary/aromatic N) is 1. The molecule has 4 rings (SSSR count). The molecule has 1 unspecified atom stereocenters. The van der Waals surface area contributed by atoms with Gasteiger partial charge < -0.3 is 15.0 Å². The van der Waals surface area contributed by atoms with Crippen molar-refractivity contribution in [2.24, 2.45) is 5.92 Å². The normalized spacial score (nSPS) is 29.7. The summed E-state index contributed by atoms with van der Waals surface area (Å²) in [6.07, 6.45) is 6.18. The zero-order valence-electron chi connectivity index (χ0n) is 13.6. The lowest BCUT2D eigenvalue weighted by molar-refractivity contribution is 0.0447. The van der Waals surface area contributed by atoms with E-state index in [4.69, 9.17) is 0 Å². The molecule has 5 heteroatoms. The second-order valence-corrected chi connectivity index (χ2v) is 7.37. The zero-order valence-corrected chi connectivity index (χ0v) is 13.6. The first kappa shape index (κ1) is 14.9. The third kappa shape index (κ3) is 2.24. The van der Waals surface area contributed by atoms with E-state index in [9.17, 15) is 14.7 Å². The molecule has 3 atom stereocenters. The fourth-order valence-electron chi connectivity index (χ4n) is 4.89. The number of carbonyl (C=O) groups excluding carboxylic acids is 2. The second kappa shape index (κ2) is 5.48. The highest BCUT2D eigenvalue weighted by Crippen LogP contribution is 2.40. The number of hydrogen-bond acceptors (Lipinski definition) is 3. The van der Waals surface area contributed by atoms with Crippen LogP contribution in [0.2, 0.25) is 0 Å². The van der Waals surface area contributed by atoms with Crippen LogP contribution in [-0.2, 0) is 6.42 Å². The van der Waals surface area contributed by atoms with Gasteiger partial charge in [-0.3, -0.25) is 9.59 Å². The van der Waals surface area contributed by atoms with Crippen LogP contribution in [0.3, 0.4) is 0 Å². The summed E-state index contributed by atoms with van der Waals surface area (Å²) in [5.41, 5.74) is 3.15. The van der Waals surface area contributed by atoms with Crippen LogP contribution >= 0.6 is 0 Å². The number of Topliss-reactive ketones (excluding diaryl/α,β-unsaturated/α-hetero) is 1. The van der Waals surface area contributed by atoms with Crippen molar-refractivity contribution in [2.45, 2.75) is 64.0 Å². The Bertz CT molecular complexity index is 649. The van der Waals surface area contributed by atoms with Gasteiger partial charge in [0.2, 0.25) is 0 Å². The van der Waals surface area contributed by atoms with E-state index >= 15 is 0 Å². The molecule has 2 saturated heterocycles. The molecule has 2 N–H and O–H groups in total. The number of H-pyrrole nitrogens is 1. The Morgan fingerprint density at radius 2 is 1.96 bits per heavy atom. The van der Waals surface area contributed by atoms with Crippen LogP contribution in [-0.4, -0.2) is 45.4 Å². The van der Waals surface area contributed by atoms with Gasteiger partial charge in [-0.25, -0.2) is 0 Å². The molecule has 2 bridgehead atoms. The van der Waals surface area contributed by atoms with Gasteiger partial charge in [-0.1, -0.05) is 0 Å². The Kier molecular flexibility index (Phi) is 3.56. The number of piperidine rings is 1. The molecule has 0 saturated carbocycles. The van der Waals surface area contributed by atoms with Crippen LogP contribution in [0.4, 0.5) is 0 Å². The van der Waals surface area contributed by atoms with Crippen LogP contribution < -0.4 is 0 Å². The Labute approximate surface area is 136 Å². The summed E-state index contributed by atoms with van der Waals surface area (Å²) < 4.78 is 0. The zero-order chi connectivity index (χ0) is 16.1. The summed E-state index contributed by atoms with van der Waals surface area (Å²) in [5.74, 6) is 0.547. The highest BCUT2D eigenvalue weighted by Gasteiger charge is 2.44. The number of amides is 1. The predicted octanol–water partition coefficient (Wildman–Crippen LogP) is 2.22. The third-order valence-electron chi connectivity index (χ3n) is 5.97. The quantitative estimate of drug-likeness (QED) is 0.878. The molecule has 2 fully saturated rings. The van der Waals surface area contributed by atoms with E-state index in [0.29, 0.717) is 18.0 Å². The SMILES string of the molecule is Cc1c(C(=O)N2[C@@H]3CC[C@H]2CC(CO)C3)[nH]c2c1C(=O)CCC2. The molecule has 1 aliphatic carbocycles. The molecule has 1 aromatic rings. The molecular weight excluding hydrogens is 292 g/mol. The van der Waals surface area contributed by atoms with E-state index in [1.54, 1.807) is 0 Å². The van der Waals surface area contributed by atoms with Gasteiger partial charge in [0.05, 0.1) is 0 Å². The van der Waals surface area contributed by atoms with Gasteiger partial charge in [0.15, 0.2) is 5.78 Å². The predicted molar refractivity (Wildman–Crippen MR) is 85.6 cm³/mol. The van der Waals surface area contributed by atoms with Crippen molar-refractivity contribution in [3.63, 3.8) is 0 Å². The number of fused-ring (bicyclic) bond motifs is 3. The minimum Gasteiger partial charge on any atom is -0.396 e. The van der Waals surface area contributed by atoms with Gasteiger partial charge in [-0.15, -0.1) is 0 Å². The molecule has 0 spiro atoms. The maximum Gasteiger partial charge on any atom is 0.271 e. The fraction of sp³-hybridized carbons (Fsp3) is 0.667. The molecule has 0 radical (unpaired) electrons. The molecule has 3 aliphatic rings. The number of aliphatic hydroxyl groups excluding tert-OH is 1. The average molecular weight is 316 g/mol. The first-order chi connectivity index (χ1) is 11.1. The maximum atomic E-state index is 13.1. The van der Waals surface area contributed by atoms with Crippen molar-refractivity contribution in [3.8, 4) is 0 Å². The van der Waals surface area contributed by atoms with Crippen molar-refractivity contribution in [1.82, 2.24) is 9.88 Å². The molecule has 0 aromatic carbocycles. The number of aryl methyl sites for hydroxylation is 1. The van der Waals surface area contributed by atoms with Crippen LogP contribution in [0.5, 0.6) is 0 Å². The van der Waals surface area contributed by atoms with Crippen molar-refractivity contribution >= 4 is 11.7 Å². The maximum absolute atomic E-state index is 13.1. The molecule has 23 heavy (non-hydrogen) atoms. The summed E-state index contributed by atoms with van der Waals surface area (Å²) >= 11 is 0. The standard InChI is InChI=1S/C18H24N2O3/c1-10-16-14(3-2-4-15(16)22)19-17(10)18(23)20-12-5-6-13(20)8-11(7-12)9-21/h11-13,19,21H,2-9H2,1H3/t11?,12-,13+. The molecule has 1 aromatic heterocycles. The lowest BCUT2D eigenvalue weighted by Gasteiger charge is -2.38. The van der Waals surface area contributed by atoms with Crippen LogP contribution in [0.25, 0.3) is 0 Å². The van der Waals surface area contributed by atoms with E-state index < -0.39 is 0 Å². The summed E-state index contributed by atoms with van der Waals surface area (Å²) in [6, 6.07) is 0.489. The molecule has 5 nitrogen and oxygen atoms in total. The van der Waals surface area contributed by atoms with Crippen molar-refractivity contribution in [3.05, 3.63) is 22.5 Å². The molecular formula is C18H24N2O3. The monoisotopic (exact) mass is 316 g/mol. The number of hydrogen-bond donors (Lipinski definition) is 2. The first-order valence-corrected chi connectivity index (χ1v) is 8.78. The number of ketones is 1. The average Bonchev–Trinajstić information content (AvgIpc) is 3.02. The van der Waals surface area contributed by atoms with Gasteiger partial charge >= 0.3 is 0 Å². The fourth-order valence-corrected chi connectivity index (χ4v) is 4.89. The second-order valence-electron chi connectivity index (χ2n) is 7.37. The Balaban J connectivity index is 1.65. The summed E-state index contributed by atoms with van der Waals surface area (Å²) in [7, 11) is 0. The Morgan fingerprint density at radius 3 is 2.57 bits per heavy atom. The third-order valence-corrected chi connectivity index (χ3v) is 5.97. The summed E-state index contributed by atoms with van der Waals surface area (Å²) in [5, 5.41) is 9.43. The number of aromatic amines is 1. The summed E-state index contributed by atoms with van der Waals surface area (Å²) in [4.78, 5) is 30.6. The Hall–Kier alpha value is -1.62. The van der Waals surface area contributed by atoms with Crippen molar-refractivity contribution in [1.29, 1.82) is 0 Å².